The monoisotopic (exact) mass is 334 g/mol. The second kappa shape index (κ2) is 8.08. The molecule has 0 atom stereocenters. The second-order valence-corrected chi connectivity index (χ2v) is 6.56. The summed E-state index contributed by atoms with van der Waals surface area (Å²) in [4.78, 5) is 19.7. The molecule has 0 bridgehead atoms. The Labute approximate surface area is 141 Å². The number of carbonyl (C=O) groups is 1. The molecule has 0 aliphatic carbocycles. The molecule has 2 rings (SSSR count). The van der Waals surface area contributed by atoms with Crippen molar-refractivity contribution in [2.45, 2.75) is 13.3 Å². The first kappa shape index (κ1) is 17.4. The van der Waals surface area contributed by atoms with Crippen molar-refractivity contribution in [3.8, 4) is 17.0 Å². The van der Waals surface area contributed by atoms with Gasteiger partial charge in [-0.3, -0.25) is 9.69 Å². The van der Waals surface area contributed by atoms with Gasteiger partial charge in [-0.05, 0) is 24.3 Å². The van der Waals surface area contributed by atoms with Gasteiger partial charge in [0.05, 0.1) is 33.4 Å². The molecule has 2 aromatic rings. The summed E-state index contributed by atoms with van der Waals surface area (Å²) in [6, 6.07) is 7.78. The lowest BCUT2D eigenvalue weighted by atomic mass is 10.2. The van der Waals surface area contributed by atoms with Crippen LogP contribution in [-0.2, 0) is 4.79 Å². The number of methoxy groups -OCH3 is 1. The maximum Gasteiger partial charge on any atom is 0.225 e. The lowest BCUT2D eigenvalue weighted by Gasteiger charge is -2.18. The van der Waals surface area contributed by atoms with Crippen LogP contribution in [0.15, 0.2) is 29.6 Å². The van der Waals surface area contributed by atoms with Gasteiger partial charge in [-0.15, -0.1) is 11.3 Å². The van der Waals surface area contributed by atoms with Crippen molar-refractivity contribution in [1.82, 2.24) is 4.98 Å². The van der Waals surface area contributed by atoms with Gasteiger partial charge >= 0.3 is 0 Å². The molecule has 0 spiro atoms. The first-order valence-corrected chi connectivity index (χ1v) is 8.56. The van der Waals surface area contributed by atoms with Crippen LogP contribution in [0.3, 0.4) is 0 Å². The van der Waals surface area contributed by atoms with Crippen LogP contribution in [-0.4, -0.2) is 45.2 Å². The van der Waals surface area contributed by atoms with Crippen molar-refractivity contribution in [2.24, 2.45) is 0 Å². The maximum absolute atomic E-state index is 11.9. The Morgan fingerprint density at radius 1 is 1.30 bits per heavy atom. The predicted octanol–water partition coefficient (Wildman–Crippen LogP) is 1.71. The number of benzene rings is 1. The Morgan fingerprint density at radius 3 is 2.57 bits per heavy atom. The predicted molar refractivity (Wildman–Crippen MR) is 94.4 cm³/mol. The Balaban J connectivity index is 2.12. The van der Waals surface area contributed by atoms with E-state index in [1.165, 1.54) is 16.2 Å². The van der Waals surface area contributed by atoms with Crippen molar-refractivity contribution < 1.29 is 14.4 Å². The van der Waals surface area contributed by atoms with Gasteiger partial charge in [0.2, 0.25) is 5.91 Å². The second-order valence-electron chi connectivity index (χ2n) is 5.73. The van der Waals surface area contributed by atoms with Gasteiger partial charge in [-0.2, -0.15) is 0 Å². The van der Waals surface area contributed by atoms with Crippen LogP contribution in [0.1, 0.15) is 13.3 Å². The zero-order valence-corrected chi connectivity index (χ0v) is 14.9. The molecule has 23 heavy (non-hydrogen) atoms. The van der Waals surface area contributed by atoms with Crippen LogP contribution in [0.2, 0.25) is 0 Å². The highest BCUT2D eigenvalue weighted by molar-refractivity contribution is 7.14. The molecule has 0 radical (unpaired) electrons. The van der Waals surface area contributed by atoms with Crippen LogP contribution in [0.4, 0.5) is 5.13 Å². The fourth-order valence-electron chi connectivity index (χ4n) is 2.26. The number of nitrogens with zero attached hydrogens (tertiary/aromatic N) is 2. The van der Waals surface area contributed by atoms with Crippen LogP contribution < -0.4 is 14.5 Å². The number of thiazole rings is 1. The molecule has 5 nitrogen and oxygen atoms in total. The molecule has 1 amide bonds. The standard InChI is InChI=1S/C17H23N3O2S/c1-13(21)20(11-5-10-19(2)3)17-18-16(12-23-17)14-6-8-15(22-4)9-7-14/h6-9,12H,5,10-11H2,1-4H3/p+1. The average molecular weight is 334 g/mol. The third kappa shape index (κ3) is 4.77. The molecule has 0 aliphatic heterocycles. The van der Waals surface area contributed by atoms with Gasteiger partial charge in [0.15, 0.2) is 5.13 Å². The van der Waals surface area contributed by atoms with Crippen molar-refractivity contribution in [1.29, 1.82) is 0 Å². The first-order valence-electron chi connectivity index (χ1n) is 7.68. The number of nitrogens with one attached hydrogen (secondary N) is 1. The fourth-order valence-corrected chi connectivity index (χ4v) is 3.17. The van der Waals surface area contributed by atoms with E-state index in [1.54, 1.807) is 18.9 Å². The topological polar surface area (TPSA) is 46.9 Å². The highest BCUT2D eigenvalue weighted by Crippen LogP contribution is 2.28. The number of carbonyl (C=O) groups excluding carboxylic acids is 1. The minimum atomic E-state index is 0.0365. The number of ether oxygens (including phenoxy) is 1. The number of amides is 1. The van der Waals surface area contributed by atoms with E-state index in [0.29, 0.717) is 6.54 Å². The smallest absolute Gasteiger partial charge is 0.225 e. The summed E-state index contributed by atoms with van der Waals surface area (Å²) in [6.45, 7) is 3.33. The summed E-state index contributed by atoms with van der Waals surface area (Å²) in [7, 11) is 5.88. The van der Waals surface area contributed by atoms with E-state index >= 15 is 0 Å². The van der Waals surface area contributed by atoms with Crippen LogP contribution in [0.5, 0.6) is 5.75 Å². The van der Waals surface area contributed by atoms with E-state index in [4.69, 9.17) is 4.74 Å². The van der Waals surface area contributed by atoms with E-state index in [0.717, 1.165) is 35.1 Å². The Hall–Kier alpha value is -1.92. The molecule has 0 fully saturated rings. The molecule has 6 heteroatoms. The molecular formula is C17H24N3O2S+. The summed E-state index contributed by atoms with van der Waals surface area (Å²) >= 11 is 1.51. The van der Waals surface area contributed by atoms with Gasteiger partial charge in [0.1, 0.15) is 5.75 Å². The molecule has 1 heterocycles. The van der Waals surface area contributed by atoms with Crippen molar-refractivity contribution in [2.75, 3.05) is 39.2 Å². The van der Waals surface area contributed by atoms with Gasteiger partial charge in [-0.25, -0.2) is 4.98 Å². The molecule has 0 saturated carbocycles. The molecule has 1 aromatic carbocycles. The van der Waals surface area contributed by atoms with Gasteiger partial charge in [-0.1, -0.05) is 0 Å². The van der Waals surface area contributed by atoms with Crippen LogP contribution >= 0.6 is 11.3 Å². The van der Waals surface area contributed by atoms with E-state index in [-0.39, 0.29) is 5.91 Å². The third-order valence-corrected chi connectivity index (χ3v) is 4.41. The van der Waals surface area contributed by atoms with Crippen LogP contribution in [0.25, 0.3) is 11.3 Å². The molecule has 1 N–H and O–H groups in total. The zero-order valence-electron chi connectivity index (χ0n) is 14.1. The summed E-state index contributed by atoms with van der Waals surface area (Å²) in [5.74, 6) is 0.857. The average Bonchev–Trinajstić information content (AvgIpc) is 3.00. The normalized spacial score (nSPS) is 10.8. The number of anilines is 1. The molecule has 0 aliphatic rings. The molecule has 0 saturated heterocycles. The first-order chi connectivity index (χ1) is 11.0. The SMILES string of the molecule is COc1ccc(-c2csc(N(CCC[NH+](C)C)C(C)=O)n2)cc1. The van der Waals surface area contributed by atoms with E-state index in [9.17, 15) is 4.79 Å². The van der Waals surface area contributed by atoms with Gasteiger partial charge in [0, 0.05) is 30.8 Å². The Kier molecular flexibility index (Phi) is 6.12. The Morgan fingerprint density at radius 2 is 2.00 bits per heavy atom. The largest absolute Gasteiger partial charge is 0.497 e. The lowest BCUT2D eigenvalue weighted by Crippen LogP contribution is -3.05. The highest BCUT2D eigenvalue weighted by atomic mass is 32.1. The molecule has 124 valence electrons. The Bertz CT molecular complexity index is 638. The molecular weight excluding hydrogens is 310 g/mol. The number of quaternary nitrogens is 1. The van der Waals surface area contributed by atoms with E-state index in [1.807, 2.05) is 29.6 Å². The van der Waals surface area contributed by atoms with Crippen molar-refractivity contribution in [3.05, 3.63) is 29.6 Å². The number of hydrogen-bond acceptors (Lipinski definition) is 4. The molecule has 1 aromatic heterocycles. The fraction of sp³-hybridized carbons (Fsp3) is 0.412. The summed E-state index contributed by atoms with van der Waals surface area (Å²) in [6.07, 6.45) is 0.958. The minimum absolute atomic E-state index is 0.0365. The summed E-state index contributed by atoms with van der Waals surface area (Å²) < 4.78 is 5.17. The van der Waals surface area contributed by atoms with Crippen molar-refractivity contribution in [3.63, 3.8) is 0 Å². The van der Waals surface area contributed by atoms with Gasteiger partial charge in [0.25, 0.3) is 0 Å². The summed E-state index contributed by atoms with van der Waals surface area (Å²) in [5, 5.41) is 2.75. The third-order valence-electron chi connectivity index (χ3n) is 3.55. The maximum atomic E-state index is 11.9. The van der Waals surface area contributed by atoms with Gasteiger partial charge < -0.3 is 9.64 Å². The van der Waals surface area contributed by atoms with Crippen molar-refractivity contribution >= 4 is 22.4 Å². The van der Waals surface area contributed by atoms with Crippen LogP contribution in [0, 0.1) is 0 Å². The lowest BCUT2D eigenvalue weighted by molar-refractivity contribution is -0.858. The molecule has 0 unspecified atom stereocenters. The minimum Gasteiger partial charge on any atom is -0.497 e. The number of hydrogen-bond donors (Lipinski definition) is 1. The highest BCUT2D eigenvalue weighted by Gasteiger charge is 2.16. The quantitative estimate of drug-likeness (QED) is 0.838. The van der Waals surface area contributed by atoms with E-state index in [2.05, 4.69) is 19.1 Å². The summed E-state index contributed by atoms with van der Waals surface area (Å²) in [5.41, 5.74) is 1.91. The number of aromatic nitrogens is 1. The number of rotatable bonds is 7. The van der Waals surface area contributed by atoms with E-state index < -0.39 is 0 Å². The zero-order chi connectivity index (χ0) is 16.8.